The Morgan fingerprint density at radius 1 is 0.667 bits per heavy atom. The Hall–Kier alpha value is 0.540. The van der Waals surface area contributed by atoms with Crippen LogP contribution in [0.25, 0.3) is 0 Å². The Bertz CT molecular complexity index is 361. The van der Waals surface area contributed by atoms with Gasteiger partial charge in [0.1, 0.15) is 0 Å². The van der Waals surface area contributed by atoms with E-state index in [0.29, 0.717) is 6.42 Å². The molecule has 0 saturated carbocycles. The molecule has 0 saturated heterocycles. The van der Waals surface area contributed by atoms with Crippen molar-refractivity contribution in [1.29, 1.82) is 0 Å². The molecular formula is C24H56O4P2. The Kier molecular flexibility index (Phi) is 23.3. The van der Waals surface area contributed by atoms with Crippen LogP contribution < -0.4 is 0 Å². The van der Waals surface area contributed by atoms with Gasteiger partial charge < -0.3 is 9.79 Å². The molecule has 1 atom stereocenters. The molecule has 0 radical (unpaired) electrons. The first-order valence-corrected chi connectivity index (χ1v) is 17.3. The second kappa shape index (κ2) is 21.4. The predicted molar refractivity (Wildman–Crippen MR) is 139 cm³/mol. The standard InChI is InChI=1S/C16H37P.C8H19O4P/c1-5-9-13-17(14-10-6-2,15-11-7-3)16-12-8-4;1-3-5-6-7-8(4-2)12-13(9,10)11/h17H,5-16H2,1-4H3;8H,3-7H2,1-2H3,(H2,9,10,11). The van der Waals surface area contributed by atoms with Crippen molar-refractivity contribution in [2.75, 3.05) is 24.6 Å². The Balaban J connectivity index is 0. The van der Waals surface area contributed by atoms with E-state index in [1.807, 2.05) is 6.92 Å². The molecule has 4 nitrogen and oxygen atoms in total. The van der Waals surface area contributed by atoms with Crippen molar-refractivity contribution >= 4 is 15.1 Å². The van der Waals surface area contributed by atoms with Crippen LogP contribution >= 0.6 is 15.1 Å². The molecule has 0 heterocycles. The van der Waals surface area contributed by atoms with Crippen LogP contribution in [-0.4, -0.2) is 40.5 Å². The summed E-state index contributed by atoms with van der Waals surface area (Å²) in [5.74, 6) is 0. The van der Waals surface area contributed by atoms with Gasteiger partial charge in [0, 0.05) is 0 Å². The summed E-state index contributed by atoms with van der Waals surface area (Å²) in [6.07, 6.45) is 22.4. The van der Waals surface area contributed by atoms with Crippen molar-refractivity contribution in [3.63, 3.8) is 0 Å². The van der Waals surface area contributed by atoms with Crippen molar-refractivity contribution in [2.24, 2.45) is 0 Å². The average molecular weight is 471 g/mol. The number of hydrogen-bond donors (Lipinski definition) is 2. The van der Waals surface area contributed by atoms with Crippen LogP contribution in [0.2, 0.25) is 0 Å². The van der Waals surface area contributed by atoms with Gasteiger partial charge in [0.25, 0.3) is 0 Å². The van der Waals surface area contributed by atoms with Gasteiger partial charge >= 0.3 is 119 Å². The molecule has 0 spiro atoms. The zero-order valence-corrected chi connectivity index (χ0v) is 23.2. The summed E-state index contributed by atoms with van der Waals surface area (Å²) in [6, 6.07) is 0. The van der Waals surface area contributed by atoms with Crippen molar-refractivity contribution in [1.82, 2.24) is 0 Å². The van der Waals surface area contributed by atoms with Crippen molar-refractivity contribution in [3.05, 3.63) is 0 Å². The van der Waals surface area contributed by atoms with Gasteiger partial charge in [-0.25, -0.2) is 4.57 Å². The van der Waals surface area contributed by atoms with Crippen molar-refractivity contribution in [2.45, 2.75) is 131 Å². The number of rotatable bonds is 19. The normalized spacial score (nSPS) is 13.6. The van der Waals surface area contributed by atoms with Crippen LogP contribution in [0.3, 0.4) is 0 Å². The summed E-state index contributed by atoms with van der Waals surface area (Å²) in [5.41, 5.74) is 0. The topological polar surface area (TPSA) is 66.8 Å². The Morgan fingerprint density at radius 2 is 1.03 bits per heavy atom. The Morgan fingerprint density at radius 3 is 1.30 bits per heavy atom. The van der Waals surface area contributed by atoms with Crippen LogP contribution in [0.5, 0.6) is 0 Å². The molecule has 0 bridgehead atoms. The van der Waals surface area contributed by atoms with E-state index in [2.05, 4.69) is 39.1 Å². The fourth-order valence-corrected chi connectivity index (χ4v) is 10.7. The van der Waals surface area contributed by atoms with Gasteiger partial charge in [0.15, 0.2) is 0 Å². The van der Waals surface area contributed by atoms with Crippen LogP contribution in [-0.2, 0) is 9.09 Å². The number of unbranched alkanes of at least 4 members (excludes halogenated alkanes) is 6. The molecule has 2 N–H and O–H groups in total. The molecular weight excluding hydrogens is 414 g/mol. The second-order valence-corrected chi connectivity index (χ2v) is 15.2. The summed E-state index contributed by atoms with van der Waals surface area (Å²) < 4.78 is 15.1. The van der Waals surface area contributed by atoms with Gasteiger partial charge in [-0.2, -0.15) is 0 Å². The van der Waals surface area contributed by atoms with Gasteiger partial charge in [-0.15, -0.1) is 0 Å². The predicted octanol–water partition coefficient (Wildman–Crippen LogP) is 8.39. The van der Waals surface area contributed by atoms with Gasteiger partial charge in [-0.05, 0) is 12.8 Å². The molecule has 0 fully saturated rings. The van der Waals surface area contributed by atoms with E-state index in [1.165, 1.54) is 51.4 Å². The first kappa shape index (κ1) is 32.7. The fraction of sp³-hybridized carbons (Fsp3) is 1.00. The third-order valence-corrected chi connectivity index (χ3v) is 12.3. The van der Waals surface area contributed by atoms with Crippen LogP contribution in [0.1, 0.15) is 125 Å². The summed E-state index contributed by atoms with van der Waals surface area (Å²) >= 11 is 0. The quantitative estimate of drug-likeness (QED) is 0.147. The molecule has 0 aliphatic carbocycles. The summed E-state index contributed by atoms with van der Waals surface area (Å²) in [7, 11) is -5.17. The molecule has 0 aliphatic rings. The van der Waals surface area contributed by atoms with Gasteiger partial charge in [0.2, 0.25) is 0 Å². The maximum atomic E-state index is 10.5. The molecule has 30 heavy (non-hydrogen) atoms. The van der Waals surface area contributed by atoms with E-state index in [1.54, 1.807) is 24.6 Å². The van der Waals surface area contributed by atoms with Gasteiger partial charge in [-0.3, -0.25) is 4.52 Å². The summed E-state index contributed by atoms with van der Waals surface area (Å²) in [5, 5.41) is 0. The fourth-order valence-electron chi connectivity index (χ4n) is 4.10. The van der Waals surface area contributed by atoms with Gasteiger partial charge in [0.05, 0.1) is 6.10 Å². The minimum absolute atomic E-state index is 0.299. The van der Waals surface area contributed by atoms with Crippen LogP contribution in [0.15, 0.2) is 0 Å². The average Bonchev–Trinajstić information content (AvgIpc) is 2.71. The van der Waals surface area contributed by atoms with E-state index >= 15 is 0 Å². The van der Waals surface area contributed by atoms with E-state index in [0.717, 1.165) is 25.7 Å². The van der Waals surface area contributed by atoms with E-state index in [4.69, 9.17) is 9.79 Å². The molecule has 0 aromatic rings. The molecule has 0 aliphatic heterocycles. The van der Waals surface area contributed by atoms with Crippen LogP contribution in [0, 0.1) is 0 Å². The molecule has 6 heteroatoms. The zero-order chi connectivity index (χ0) is 23.3. The number of hydrogen-bond acceptors (Lipinski definition) is 2. The first-order valence-electron chi connectivity index (χ1n) is 13.0. The number of phosphoric ester groups is 1. The monoisotopic (exact) mass is 470 g/mol. The zero-order valence-electron chi connectivity index (χ0n) is 21.3. The number of phosphoric acid groups is 1. The van der Waals surface area contributed by atoms with E-state index in [9.17, 15) is 4.57 Å². The maximum absolute atomic E-state index is 10.5. The summed E-state index contributed by atoms with van der Waals surface area (Å²) in [6.45, 7) is 13.4. The third-order valence-electron chi connectivity index (χ3n) is 6.11. The first-order chi connectivity index (χ1) is 14.2. The second-order valence-electron chi connectivity index (χ2n) is 9.04. The summed E-state index contributed by atoms with van der Waals surface area (Å²) in [4.78, 5) is 17.1. The van der Waals surface area contributed by atoms with Gasteiger partial charge in [-0.1, -0.05) is 33.1 Å². The van der Waals surface area contributed by atoms with Crippen molar-refractivity contribution in [3.8, 4) is 0 Å². The van der Waals surface area contributed by atoms with Crippen molar-refractivity contribution < 1.29 is 18.9 Å². The minimum atomic E-state index is -4.29. The molecule has 0 rings (SSSR count). The molecule has 0 aromatic heterocycles. The molecule has 0 aromatic carbocycles. The molecule has 0 amide bonds. The Labute approximate surface area is 189 Å². The third kappa shape index (κ3) is 20.4. The molecule has 186 valence electrons. The van der Waals surface area contributed by atoms with Crippen LogP contribution in [0.4, 0.5) is 0 Å². The molecule has 1 unspecified atom stereocenters. The SMILES string of the molecule is CCCCCC(CC)OP(=O)(O)O.CCCC[PH](CCCC)(CCCC)CCCC. The van der Waals surface area contributed by atoms with E-state index in [-0.39, 0.29) is 6.10 Å². The van der Waals surface area contributed by atoms with E-state index < -0.39 is 15.1 Å².